The first-order valence-electron chi connectivity index (χ1n) is 11.1. The molecule has 0 bridgehead atoms. The van der Waals surface area contributed by atoms with E-state index in [9.17, 15) is 9.18 Å². The lowest BCUT2D eigenvalue weighted by Gasteiger charge is -2.30. The quantitative estimate of drug-likeness (QED) is 0.401. The summed E-state index contributed by atoms with van der Waals surface area (Å²) in [6, 6.07) is 4.11. The van der Waals surface area contributed by atoms with Crippen LogP contribution in [0, 0.1) is 0 Å². The van der Waals surface area contributed by atoms with Crippen molar-refractivity contribution in [3.63, 3.8) is 0 Å². The molecule has 0 saturated carbocycles. The first-order chi connectivity index (χ1) is 16.1. The van der Waals surface area contributed by atoms with Gasteiger partial charge in [0.15, 0.2) is 5.78 Å². The molecule has 0 aliphatic carbocycles. The normalized spacial score (nSPS) is 15.3. The second-order valence-corrected chi connectivity index (χ2v) is 8.44. The number of aromatic nitrogens is 7. The Kier molecular flexibility index (Phi) is 5.91. The van der Waals surface area contributed by atoms with E-state index in [1.807, 2.05) is 25.4 Å². The van der Waals surface area contributed by atoms with E-state index in [0.717, 1.165) is 48.0 Å². The van der Waals surface area contributed by atoms with Crippen molar-refractivity contribution < 1.29 is 9.18 Å². The number of alkyl halides is 1. The Morgan fingerprint density at radius 3 is 2.70 bits per heavy atom. The molecule has 4 aromatic rings. The summed E-state index contributed by atoms with van der Waals surface area (Å²) in [5, 5.41) is 13.4. The lowest BCUT2D eigenvalue weighted by molar-refractivity contribution is 0.0987. The number of pyridine rings is 2. The second kappa shape index (κ2) is 9.14. The van der Waals surface area contributed by atoms with Crippen LogP contribution in [-0.4, -0.2) is 71.7 Å². The number of likely N-dealkylation sites (tertiary alicyclic amines) is 1. The number of hydrogen-bond donors (Lipinski definition) is 0. The van der Waals surface area contributed by atoms with Crippen LogP contribution in [0.25, 0.3) is 22.0 Å². The molecule has 170 valence electrons. The van der Waals surface area contributed by atoms with Gasteiger partial charge in [-0.25, -0.2) is 9.07 Å². The highest BCUT2D eigenvalue weighted by Crippen LogP contribution is 2.23. The molecule has 5 rings (SSSR count). The van der Waals surface area contributed by atoms with Gasteiger partial charge in [0.1, 0.15) is 12.4 Å². The zero-order valence-electron chi connectivity index (χ0n) is 18.4. The van der Waals surface area contributed by atoms with Gasteiger partial charge in [0, 0.05) is 61.3 Å². The van der Waals surface area contributed by atoms with Crippen LogP contribution < -0.4 is 0 Å². The lowest BCUT2D eigenvalue weighted by Crippen LogP contribution is -2.36. The van der Waals surface area contributed by atoms with Crippen LogP contribution in [0.1, 0.15) is 35.1 Å². The highest BCUT2D eigenvalue weighted by Gasteiger charge is 2.22. The fourth-order valence-electron chi connectivity index (χ4n) is 4.27. The minimum atomic E-state index is -0.323. The zero-order chi connectivity index (χ0) is 22.8. The largest absolute Gasteiger partial charge is 0.301 e. The van der Waals surface area contributed by atoms with Crippen molar-refractivity contribution in [2.75, 3.05) is 26.3 Å². The number of Topliss-reactive ketones (excluding diaryl/α,β-unsaturated/α-hetero) is 1. The summed E-state index contributed by atoms with van der Waals surface area (Å²) in [4.78, 5) is 23.8. The van der Waals surface area contributed by atoms with E-state index in [1.54, 1.807) is 34.2 Å². The van der Waals surface area contributed by atoms with Crippen molar-refractivity contribution in [2.45, 2.75) is 25.3 Å². The van der Waals surface area contributed by atoms with Gasteiger partial charge in [0.25, 0.3) is 0 Å². The van der Waals surface area contributed by atoms with Gasteiger partial charge >= 0.3 is 0 Å². The molecule has 0 atom stereocenters. The molecule has 0 amide bonds. The van der Waals surface area contributed by atoms with Crippen LogP contribution in [0.15, 0.2) is 43.1 Å². The van der Waals surface area contributed by atoms with Crippen LogP contribution in [0.2, 0.25) is 0 Å². The summed E-state index contributed by atoms with van der Waals surface area (Å²) in [6.07, 6.45) is 10.8. The predicted octanol–water partition coefficient (Wildman–Crippen LogP) is 2.65. The maximum absolute atomic E-state index is 12.8. The van der Waals surface area contributed by atoms with E-state index in [-0.39, 0.29) is 24.9 Å². The third kappa shape index (κ3) is 4.65. The van der Waals surface area contributed by atoms with E-state index in [2.05, 4.69) is 30.3 Å². The molecule has 0 N–H and O–H groups in total. The first kappa shape index (κ1) is 21.3. The monoisotopic (exact) mass is 448 g/mol. The summed E-state index contributed by atoms with van der Waals surface area (Å²) in [7, 11) is 1.87. The second-order valence-electron chi connectivity index (χ2n) is 8.44. The minimum absolute atomic E-state index is 0.126. The van der Waals surface area contributed by atoms with Gasteiger partial charge in [-0.05, 0) is 25.0 Å². The molecular formula is C23H25FN8O. The molecule has 0 unspecified atom stereocenters. The van der Waals surface area contributed by atoms with E-state index in [1.165, 1.54) is 0 Å². The lowest BCUT2D eigenvalue weighted by atomic mass is 10.1. The highest BCUT2D eigenvalue weighted by molar-refractivity contribution is 5.95. The summed E-state index contributed by atoms with van der Waals surface area (Å²) in [5.74, 6) is -0.126. The van der Waals surface area contributed by atoms with Gasteiger partial charge in [-0.2, -0.15) is 5.10 Å². The number of ketones is 1. The minimum Gasteiger partial charge on any atom is -0.301 e. The fourth-order valence-corrected chi connectivity index (χ4v) is 4.27. The highest BCUT2D eigenvalue weighted by atomic mass is 19.1. The van der Waals surface area contributed by atoms with Crippen LogP contribution in [0.4, 0.5) is 4.39 Å². The van der Waals surface area contributed by atoms with E-state index in [4.69, 9.17) is 0 Å². The summed E-state index contributed by atoms with van der Waals surface area (Å²) in [6.45, 7) is 1.81. The number of rotatable bonds is 7. The Hall–Kier alpha value is -3.53. The predicted molar refractivity (Wildman–Crippen MR) is 120 cm³/mol. The molecule has 10 heteroatoms. The number of hydrogen-bond acceptors (Lipinski definition) is 7. The third-order valence-corrected chi connectivity index (χ3v) is 6.13. The Morgan fingerprint density at radius 1 is 1.09 bits per heavy atom. The molecule has 1 fully saturated rings. The van der Waals surface area contributed by atoms with Crippen molar-refractivity contribution >= 4 is 16.7 Å². The molecular weight excluding hydrogens is 423 g/mol. The number of fused-ring (bicyclic) bond motifs is 1. The molecule has 5 heterocycles. The Labute approximate surface area is 190 Å². The number of carbonyl (C=O) groups is 1. The standard InChI is InChI=1S/C23H25FN8O/c1-30-14-18(12-27-30)17-8-16-9-19(25-13-21(16)26-11-17)10-23(33)22-15-32(29-28-22)20-2-5-31(6-3-20)7-4-24/h8-9,11-15,20H,2-7,10H2,1H3. The topological polar surface area (TPSA) is 94.6 Å². The average molecular weight is 449 g/mol. The van der Waals surface area contributed by atoms with Gasteiger partial charge in [-0.15, -0.1) is 5.10 Å². The van der Waals surface area contributed by atoms with E-state index < -0.39 is 0 Å². The SMILES string of the molecule is Cn1cc(-c2cnc3cnc(CC(=O)c4cn(C5CCN(CCF)CC5)nn4)cc3c2)cn1. The zero-order valence-corrected chi connectivity index (χ0v) is 18.4. The Balaban J connectivity index is 1.28. The van der Waals surface area contributed by atoms with Crippen LogP contribution in [-0.2, 0) is 13.5 Å². The molecule has 0 radical (unpaired) electrons. The molecule has 33 heavy (non-hydrogen) atoms. The summed E-state index contributed by atoms with van der Waals surface area (Å²) < 4.78 is 16.1. The number of piperidine rings is 1. The van der Waals surface area contributed by atoms with Gasteiger partial charge in [0.05, 0.1) is 36.6 Å². The van der Waals surface area contributed by atoms with E-state index >= 15 is 0 Å². The summed E-state index contributed by atoms with van der Waals surface area (Å²) >= 11 is 0. The van der Waals surface area contributed by atoms with Gasteiger partial charge in [0.2, 0.25) is 0 Å². The maximum Gasteiger partial charge on any atom is 0.190 e. The molecule has 9 nitrogen and oxygen atoms in total. The number of carbonyl (C=O) groups excluding carboxylic acids is 1. The van der Waals surface area contributed by atoms with Crippen molar-refractivity contribution in [3.05, 3.63) is 54.5 Å². The van der Waals surface area contributed by atoms with Gasteiger partial charge in [-0.3, -0.25) is 19.4 Å². The molecule has 1 saturated heterocycles. The van der Waals surface area contributed by atoms with Crippen LogP contribution >= 0.6 is 0 Å². The van der Waals surface area contributed by atoms with Gasteiger partial charge < -0.3 is 4.90 Å². The molecule has 1 aliphatic heterocycles. The molecule has 0 aromatic carbocycles. The summed E-state index contributed by atoms with van der Waals surface area (Å²) in [5.41, 5.74) is 3.70. The van der Waals surface area contributed by atoms with Crippen molar-refractivity contribution in [3.8, 4) is 11.1 Å². The number of aryl methyl sites for hydroxylation is 1. The smallest absolute Gasteiger partial charge is 0.190 e. The molecule has 1 aliphatic rings. The third-order valence-electron chi connectivity index (χ3n) is 6.13. The maximum atomic E-state index is 12.8. The van der Waals surface area contributed by atoms with Gasteiger partial charge in [-0.1, -0.05) is 5.21 Å². The number of halogens is 1. The van der Waals surface area contributed by atoms with Crippen molar-refractivity contribution in [1.82, 2.24) is 39.6 Å². The fraction of sp³-hybridized carbons (Fsp3) is 0.391. The first-order valence-corrected chi connectivity index (χ1v) is 11.1. The Morgan fingerprint density at radius 2 is 1.94 bits per heavy atom. The average Bonchev–Trinajstić information content (AvgIpc) is 3.49. The molecule has 0 spiro atoms. The van der Waals surface area contributed by atoms with E-state index in [0.29, 0.717) is 17.9 Å². The van der Waals surface area contributed by atoms with Crippen molar-refractivity contribution in [1.29, 1.82) is 0 Å². The molecule has 4 aromatic heterocycles. The van der Waals surface area contributed by atoms with Crippen molar-refractivity contribution in [2.24, 2.45) is 7.05 Å². The van der Waals surface area contributed by atoms with Crippen LogP contribution in [0.5, 0.6) is 0 Å². The number of nitrogens with zero attached hydrogens (tertiary/aromatic N) is 8. The van der Waals surface area contributed by atoms with Crippen LogP contribution in [0.3, 0.4) is 0 Å². The Bertz CT molecular complexity index is 1270.